The zero-order valence-corrected chi connectivity index (χ0v) is 12.4. The van der Waals surface area contributed by atoms with Crippen LogP contribution in [0.15, 0.2) is 0 Å². The molecule has 3 nitrogen and oxygen atoms in total. The number of hydrogen-bond acceptors (Lipinski definition) is 2. The topological polar surface area (TPSA) is 34.9 Å². The minimum atomic E-state index is 0.123. The van der Waals surface area contributed by atoms with Crippen molar-refractivity contribution in [3.05, 3.63) is 17.0 Å². The molecule has 1 atom stereocenters. The summed E-state index contributed by atoms with van der Waals surface area (Å²) in [7, 11) is 0. The van der Waals surface area contributed by atoms with Gasteiger partial charge in [0.05, 0.1) is 11.3 Å². The molecule has 1 aromatic rings. The van der Waals surface area contributed by atoms with Gasteiger partial charge in [-0.1, -0.05) is 33.1 Å². The largest absolute Gasteiger partial charge is 0.294 e. The Morgan fingerprint density at radius 2 is 2.00 bits per heavy atom. The van der Waals surface area contributed by atoms with E-state index in [4.69, 9.17) is 0 Å². The molecular weight excluding hydrogens is 224 g/mol. The third-order valence-corrected chi connectivity index (χ3v) is 3.71. The van der Waals surface area contributed by atoms with Crippen molar-refractivity contribution in [2.24, 2.45) is 5.92 Å². The van der Waals surface area contributed by atoms with E-state index in [2.05, 4.69) is 18.9 Å². The third-order valence-electron chi connectivity index (χ3n) is 3.71. The van der Waals surface area contributed by atoms with Crippen molar-refractivity contribution < 1.29 is 4.79 Å². The van der Waals surface area contributed by atoms with E-state index in [0.717, 1.165) is 23.5 Å². The van der Waals surface area contributed by atoms with E-state index in [9.17, 15) is 4.79 Å². The van der Waals surface area contributed by atoms with Gasteiger partial charge < -0.3 is 0 Å². The van der Waals surface area contributed by atoms with Crippen molar-refractivity contribution in [3.63, 3.8) is 0 Å². The highest BCUT2D eigenvalue weighted by molar-refractivity contribution is 5.96. The van der Waals surface area contributed by atoms with Crippen LogP contribution in [0.5, 0.6) is 0 Å². The molecule has 0 fully saturated rings. The second kappa shape index (κ2) is 6.72. The molecule has 1 rings (SSSR count). The molecule has 18 heavy (non-hydrogen) atoms. The van der Waals surface area contributed by atoms with Gasteiger partial charge in [0.25, 0.3) is 0 Å². The van der Waals surface area contributed by atoms with Crippen LogP contribution in [0, 0.1) is 19.8 Å². The van der Waals surface area contributed by atoms with Gasteiger partial charge in [0.1, 0.15) is 0 Å². The molecule has 0 amide bonds. The van der Waals surface area contributed by atoms with Crippen molar-refractivity contribution in [1.29, 1.82) is 0 Å². The van der Waals surface area contributed by atoms with E-state index >= 15 is 0 Å². The van der Waals surface area contributed by atoms with Crippen LogP contribution in [-0.4, -0.2) is 15.6 Å². The molecule has 102 valence electrons. The van der Waals surface area contributed by atoms with Crippen molar-refractivity contribution in [2.75, 3.05) is 0 Å². The van der Waals surface area contributed by atoms with E-state index in [1.807, 2.05) is 18.5 Å². The highest BCUT2D eigenvalue weighted by atomic mass is 16.1. The summed E-state index contributed by atoms with van der Waals surface area (Å²) in [5.41, 5.74) is 2.70. The summed E-state index contributed by atoms with van der Waals surface area (Å²) in [5, 5.41) is 4.52. The fourth-order valence-corrected chi connectivity index (χ4v) is 2.55. The van der Waals surface area contributed by atoms with Gasteiger partial charge in [0.15, 0.2) is 5.78 Å². The summed E-state index contributed by atoms with van der Waals surface area (Å²) in [6, 6.07) is 0. The van der Waals surface area contributed by atoms with E-state index in [1.54, 1.807) is 6.92 Å². The van der Waals surface area contributed by atoms with Crippen LogP contribution in [0.4, 0.5) is 0 Å². The highest BCUT2D eigenvalue weighted by Gasteiger charge is 2.17. The fraction of sp³-hybridized carbons (Fsp3) is 0.733. The average Bonchev–Trinajstić information content (AvgIpc) is 2.59. The molecule has 1 unspecified atom stereocenters. The number of aryl methyl sites for hydroxylation is 1. The van der Waals surface area contributed by atoms with Gasteiger partial charge in [-0.3, -0.25) is 9.48 Å². The molecule has 0 saturated carbocycles. The Morgan fingerprint density at radius 3 is 2.44 bits per heavy atom. The quantitative estimate of drug-likeness (QED) is 0.687. The molecule has 1 heterocycles. The second-order valence-electron chi connectivity index (χ2n) is 5.20. The number of hydrogen-bond donors (Lipinski definition) is 0. The number of Topliss-reactive ketones (excluding diaryl/α,β-unsaturated/α-hetero) is 1. The van der Waals surface area contributed by atoms with Crippen molar-refractivity contribution in [3.8, 4) is 0 Å². The predicted octanol–water partition coefficient (Wildman–Crippen LogP) is 3.92. The lowest BCUT2D eigenvalue weighted by atomic mass is 9.99. The summed E-state index contributed by atoms with van der Waals surface area (Å²) in [4.78, 5) is 11.6. The Hall–Kier alpha value is -1.12. The van der Waals surface area contributed by atoms with Crippen LogP contribution in [0.3, 0.4) is 0 Å². The Labute approximate surface area is 111 Å². The molecule has 0 aliphatic rings. The molecule has 0 aromatic carbocycles. The Kier molecular flexibility index (Phi) is 5.57. The van der Waals surface area contributed by atoms with Gasteiger partial charge in [0.2, 0.25) is 0 Å². The zero-order valence-electron chi connectivity index (χ0n) is 12.4. The standard InChI is InChI=1S/C15H26N2O/c1-6-8-9-14(7-2)10-17-12(4)15(13(5)18)11(3)16-17/h14H,6-10H2,1-5H3. The van der Waals surface area contributed by atoms with Crippen molar-refractivity contribution in [2.45, 2.75) is 66.8 Å². The molecule has 0 aliphatic heterocycles. The van der Waals surface area contributed by atoms with E-state index in [0.29, 0.717) is 5.92 Å². The van der Waals surface area contributed by atoms with Gasteiger partial charge in [-0.25, -0.2) is 0 Å². The molecular formula is C15H26N2O. The minimum Gasteiger partial charge on any atom is -0.294 e. The molecule has 0 aliphatic carbocycles. The van der Waals surface area contributed by atoms with Crippen LogP contribution in [0.25, 0.3) is 0 Å². The third kappa shape index (κ3) is 3.44. The number of carbonyl (C=O) groups excluding carboxylic acids is 1. The summed E-state index contributed by atoms with van der Waals surface area (Å²) in [6.45, 7) is 10.9. The lowest BCUT2D eigenvalue weighted by Gasteiger charge is -2.15. The first kappa shape index (κ1) is 14.9. The summed E-state index contributed by atoms with van der Waals surface area (Å²) < 4.78 is 2.02. The van der Waals surface area contributed by atoms with E-state index in [1.165, 1.54) is 25.7 Å². The number of nitrogens with zero attached hydrogens (tertiary/aromatic N) is 2. The predicted molar refractivity (Wildman–Crippen MR) is 75.0 cm³/mol. The van der Waals surface area contributed by atoms with E-state index in [-0.39, 0.29) is 5.78 Å². The monoisotopic (exact) mass is 250 g/mol. The lowest BCUT2D eigenvalue weighted by molar-refractivity contribution is 0.101. The lowest BCUT2D eigenvalue weighted by Crippen LogP contribution is -2.13. The summed E-state index contributed by atoms with van der Waals surface area (Å²) >= 11 is 0. The maximum atomic E-state index is 11.6. The maximum absolute atomic E-state index is 11.6. The van der Waals surface area contributed by atoms with Crippen molar-refractivity contribution in [1.82, 2.24) is 9.78 Å². The van der Waals surface area contributed by atoms with Crippen LogP contribution in [0.1, 0.15) is 68.2 Å². The Balaban J connectivity index is 2.84. The number of unbranched alkanes of at least 4 members (excludes halogenated alkanes) is 1. The first-order chi connectivity index (χ1) is 8.51. The van der Waals surface area contributed by atoms with Gasteiger partial charge in [-0.15, -0.1) is 0 Å². The molecule has 0 spiro atoms. The number of ketones is 1. The van der Waals surface area contributed by atoms with Gasteiger partial charge >= 0.3 is 0 Å². The first-order valence-corrected chi connectivity index (χ1v) is 7.06. The molecule has 0 N–H and O–H groups in total. The highest BCUT2D eigenvalue weighted by Crippen LogP contribution is 2.19. The second-order valence-corrected chi connectivity index (χ2v) is 5.20. The van der Waals surface area contributed by atoms with Gasteiger partial charge in [0, 0.05) is 12.2 Å². The number of rotatable bonds is 7. The van der Waals surface area contributed by atoms with Gasteiger partial charge in [-0.2, -0.15) is 5.10 Å². The van der Waals surface area contributed by atoms with Crippen molar-refractivity contribution >= 4 is 5.78 Å². The van der Waals surface area contributed by atoms with Crippen LogP contribution in [-0.2, 0) is 6.54 Å². The maximum Gasteiger partial charge on any atom is 0.163 e. The zero-order chi connectivity index (χ0) is 13.7. The Bertz CT molecular complexity index is 407. The minimum absolute atomic E-state index is 0.123. The SMILES string of the molecule is CCCCC(CC)Cn1nc(C)c(C(C)=O)c1C. The van der Waals surface area contributed by atoms with E-state index < -0.39 is 0 Å². The summed E-state index contributed by atoms with van der Waals surface area (Å²) in [6.07, 6.45) is 4.94. The fourth-order valence-electron chi connectivity index (χ4n) is 2.55. The number of carbonyl (C=O) groups is 1. The van der Waals surface area contributed by atoms with Crippen LogP contribution >= 0.6 is 0 Å². The normalized spacial score (nSPS) is 12.7. The molecule has 1 aromatic heterocycles. The number of aromatic nitrogens is 2. The van der Waals surface area contributed by atoms with Crippen LogP contribution in [0.2, 0.25) is 0 Å². The molecule has 0 radical (unpaired) electrons. The summed E-state index contributed by atoms with van der Waals surface area (Å²) in [5.74, 6) is 0.792. The smallest absolute Gasteiger partial charge is 0.163 e. The first-order valence-electron chi connectivity index (χ1n) is 7.06. The molecule has 0 bridgehead atoms. The average molecular weight is 250 g/mol. The molecule has 3 heteroatoms. The van der Waals surface area contributed by atoms with Gasteiger partial charge in [-0.05, 0) is 33.1 Å². The molecule has 0 saturated heterocycles. The Morgan fingerprint density at radius 1 is 1.33 bits per heavy atom. The van der Waals surface area contributed by atoms with Crippen LogP contribution < -0.4 is 0 Å².